The third-order valence-electron chi connectivity index (χ3n) is 2.46. The number of sulfonamides is 1. The molecule has 0 atom stereocenters. The van der Waals surface area contributed by atoms with E-state index in [1.165, 1.54) is 10.6 Å². The maximum absolute atomic E-state index is 11.7. The zero-order valence-electron chi connectivity index (χ0n) is 8.55. The van der Waals surface area contributed by atoms with E-state index in [1.54, 1.807) is 0 Å². The zero-order chi connectivity index (χ0) is 10.9. The van der Waals surface area contributed by atoms with Crippen LogP contribution in [0.1, 0.15) is 0 Å². The third-order valence-corrected chi connectivity index (χ3v) is 3.68. The highest BCUT2D eigenvalue weighted by Crippen LogP contribution is 2.21. The summed E-state index contributed by atoms with van der Waals surface area (Å²) < 4.78 is 24.8. The second-order valence-corrected chi connectivity index (χ2v) is 5.57. The first-order valence-corrected chi connectivity index (χ1v) is 6.69. The fraction of sp³-hybridized carbons (Fsp3) is 0.400. The van der Waals surface area contributed by atoms with Gasteiger partial charge in [-0.15, -0.1) is 0 Å². The van der Waals surface area contributed by atoms with Crippen molar-refractivity contribution in [2.45, 2.75) is 6.04 Å². The Balaban J connectivity index is 2.35. The summed E-state index contributed by atoms with van der Waals surface area (Å²) in [4.78, 5) is 0. The predicted molar refractivity (Wildman–Crippen MR) is 60.4 cm³/mol. The first-order chi connectivity index (χ1) is 7.09. The number of hydrogen-bond acceptors (Lipinski definition) is 3. The number of rotatable bonds is 3. The fourth-order valence-corrected chi connectivity index (χ4v) is 2.88. The van der Waals surface area contributed by atoms with Crippen molar-refractivity contribution < 1.29 is 8.42 Å². The Hall–Kier alpha value is -1.07. The van der Waals surface area contributed by atoms with Crippen LogP contribution in [0, 0.1) is 0 Å². The van der Waals surface area contributed by atoms with Crippen molar-refractivity contribution in [1.82, 2.24) is 5.32 Å². The van der Waals surface area contributed by atoms with Gasteiger partial charge in [-0.25, -0.2) is 8.42 Å². The monoisotopic (exact) mass is 226 g/mol. The summed E-state index contributed by atoms with van der Waals surface area (Å²) in [6.07, 6.45) is 1.25. The van der Waals surface area contributed by atoms with Crippen LogP contribution in [0.5, 0.6) is 0 Å². The lowest BCUT2D eigenvalue weighted by atomic mass is 10.1. The summed E-state index contributed by atoms with van der Waals surface area (Å²) in [5, 5.41) is 3.08. The SMILES string of the molecule is CS(=O)(=O)N(c1ccccc1)C1CNC1. The minimum absolute atomic E-state index is 0.0578. The molecular formula is C10H14N2O2S. The summed E-state index contributed by atoms with van der Waals surface area (Å²) >= 11 is 0. The lowest BCUT2D eigenvalue weighted by Gasteiger charge is -2.37. The molecule has 0 aliphatic carbocycles. The van der Waals surface area contributed by atoms with Gasteiger partial charge in [-0.2, -0.15) is 0 Å². The summed E-state index contributed by atoms with van der Waals surface area (Å²) in [6.45, 7) is 1.45. The number of nitrogens with zero attached hydrogens (tertiary/aromatic N) is 1. The molecule has 82 valence electrons. The summed E-state index contributed by atoms with van der Waals surface area (Å²) in [6, 6.07) is 9.27. The Morgan fingerprint density at radius 3 is 2.27 bits per heavy atom. The second-order valence-electron chi connectivity index (χ2n) is 3.71. The van der Waals surface area contributed by atoms with E-state index in [0.29, 0.717) is 0 Å². The fourth-order valence-electron chi connectivity index (χ4n) is 1.69. The number of para-hydroxylation sites is 1. The van der Waals surface area contributed by atoms with Gasteiger partial charge in [0.15, 0.2) is 0 Å². The first kappa shape index (κ1) is 10.4. The van der Waals surface area contributed by atoms with Crippen molar-refractivity contribution in [3.05, 3.63) is 30.3 Å². The largest absolute Gasteiger partial charge is 0.312 e. The molecule has 0 aromatic heterocycles. The van der Waals surface area contributed by atoms with Gasteiger partial charge in [-0.05, 0) is 12.1 Å². The summed E-state index contributed by atoms with van der Waals surface area (Å²) in [5.41, 5.74) is 0.742. The van der Waals surface area contributed by atoms with E-state index in [1.807, 2.05) is 30.3 Å². The highest BCUT2D eigenvalue weighted by atomic mass is 32.2. The molecule has 15 heavy (non-hydrogen) atoms. The smallest absolute Gasteiger partial charge is 0.232 e. The van der Waals surface area contributed by atoms with Crippen molar-refractivity contribution in [1.29, 1.82) is 0 Å². The van der Waals surface area contributed by atoms with Crippen LogP contribution in [0.2, 0.25) is 0 Å². The van der Waals surface area contributed by atoms with Crippen LogP contribution in [0.15, 0.2) is 30.3 Å². The first-order valence-electron chi connectivity index (χ1n) is 4.84. The van der Waals surface area contributed by atoms with Gasteiger partial charge in [-0.1, -0.05) is 18.2 Å². The van der Waals surface area contributed by atoms with Crippen LogP contribution in [0.25, 0.3) is 0 Å². The van der Waals surface area contributed by atoms with E-state index in [-0.39, 0.29) is 6.04 Å². The maximum atomic E-state index is 11.7. The number of hydrogen-bond donors (Lipinski definition) is 1. The molecule has 0 unspecified atom stereocenters. The normalized spacial score (nSPS) is 17.1. The Labute approximate surface area is 90.0 Å². The lowest BCUT2D eigenvalue weighted by Crippen LogP contribution is -2.58. The molecule has 4 nitrogen and oxygen atoms in total. The Morgan fingerprint density at radius 2 is 1.87 bits per heavy atom. The minimum Gasteiger partial charge on any atom is -0.312 e. The molecule has 2 rings (SSSR count). The molecule has 0 spiro atoms. The zero-order valence-corrected chi connectivity index (χ0v) is 9.37. The Kier molecular flexibility index (Phi) is 2.67. The molecule has 1 heterocycles. The quantitative estimate of drug-likeness (QED) is 0.813. The highest BCUT2D eigenvalue weighted by molar-refractivity contribution is 7.92. The van der Waals surface area contributed by atoms with E-state index in [2.05, 4.69) is 5.32 Å². The van der Waals surface area contributed by atoms with E-state index < -0.39 is 10.0 Å². The average Bonchev–Trinajstić information content (AvgIpc) is 2.10. The van der Waals surface area contributed by atoms with Gasteiger partial charge >= 0.3 is 0 Å². The van der Waals surface area contributed by atoms with Crippen LogP contribution in [-0.2, 0) is 10.0 Å². The van der Waals surface area contributed by atoms with Crippen molar-refractivity contribution in [2.24, 2.45) is 0 Å². The number of benzene rings is 1. The van der Waals surface area contributed by atoms with Crippen LogP contribution in [0.3, 0.4) is 0 Å². The van der Waals surface area contributed by atoms with Gasteiger partial charge in [0.25, 0.3) is 0 Å². The topological polar surface area (TPSA) is 49.4 Å². The molecule has 0 bridgehead atoms. The number of anilines is 1. The van der Waals surface area contributed by atoms with Crippen LogP contribution in [0.4, 0.5) is 5.69 Å². The van der Waals surface area contributed by atoms with Crippen molar-refractivity contribution in [3.63, 3.8) is 0 Å². The predicted octanol–water partition coefficient (Wildman–Crippen LogP) is 0.424. The van der Waals surface area contributed by atoms with Crippen molar-refractivity contribution >= 4 is 15.7 Å². The van der Waals surface area contributed by atoms with Crippen molar-refractivity contribution in [3.8, 4) is 0 Å². The van der Waals surface area contributed by atoms with Crippen LogP contribution in [-0.4, -0.2) is 33.8 Å². The van der Waals surface area contributed by atoms with Gasteiger partial charge < -0.3 is 5.32 Å². The molecule has 1 aromatic carbocycles. The molecule has 1 saturated heterocycles. The molecule has 1 N–H and O–H groups in total. The molecule has 1 aliphatic rings. The molecule has 1 aliphatic heterocycles. The van der Waals surface area contributed by atoms with Gasteiger partial charge in [-0.3, -0.25) is 4.31 Å². The third kappa shape index (κ3) is 2.13. The van der Waals surface area contributed by atoms with Gasteiger partial charge in [0, 0.05) is 13.1 Å². The van der Waals surface area contributed by atoms with Crippen LogP contribution >= 0.6 is 0 Å². The molecule has 5 heteroatoms. The Bertz CT molecular complexity index is 426. The minimum atomic E-state index is -3.18. The molecule has 1 aromatic rings. The van der Waals surface area contributed by atoms with E-state index in [4.69, 9.17) is 0 Å². The van der Waals surface area contributed by atoms with E-state index in [9.17, 15) is 8.42 Å². The molecule has 0 saturated carbocycles. The van der Waals surface area contributed by atoms with Gasteiger partial charge in [0.1, 0.15) is 0 Å². The maximum Gasteiger partial charge on any atom is 0.232 e. The van der Waals surface area contributed by atoms with E-state index in [0.717, 1.165) is 18.8 Å². The molecular weight excluding hydrogens is 212 g/mol. The van der Waals surface area contributed by atoms with Gasteiger partial charge in [0.05, 0.1) is 18.0 Å². The standard InChI is InChI=1S/C10H14N2O2S/c1-15(13,14)12(10-7-11-8-10)9-5-3-2-4-6-9/h2-6,10-11H,7-8H2,1H3. The molecule has 0 radical (unpaired) electrons. The van der Waals surface area contributed by atoms with Gasteiger partial charge in [0.2, 0.25) is 10.0 Å². The number of nitrogens with one attached hydrogen (secondary N) is 1. The summed E-state index contributed by atoms with van der Waals surface area (Å²) in [5.74, 6) is 0. The summed E-state index contributed by atoms with van der Waals surface area (Å²) in [7, 11) is -3.18. The second kappa shape index (κ2) is 3.83. The average molecular weight is 226 g/mol. The van der Waals surface area contributed by atoms with E-state index >= 15 is 0 Å². The highest BCUT2D eigenvalue weighted by Gasteiger charge is 2.30. The Morgan fingerprint density at radius 1 is 1.27 bits per heavy atom. The molecule has 1 fully saturated rings. The lowest BCUT2D eigenvalue weighted by molar-refractivity contribution is 0.442. The van der Waals surface area contributed by atoms with Crippen molar-refractivity contribution in [2.75, 3.05) is 23.7 Å². The molecule has 0 amide bonds. The van der Waals surface area contributed by atoms with Crippen LogP contribution < -0.4 is 9.62 Å².